The maximum absolute atomic E-state index is 12.8. The normalized spacial score (nSPS) is 12.3. The monoisotopic (exact) mass is 1050 g/mol. The Hall–Kier alpha value is -2.63. The van der Waals surface area contributed by atoms with E-state index in [1.165, 1.54) is 231 Å². The van der Waals surface area contributed by atoms with Crippen LogP contribution < -0.4 is 0 Å². The first-order valence-corrected chi connectivity index (χ1v) is 33.1. The molecule has 0 N–H and O–H groups in total. The zero-order valence-electron chi connectivity index (χ0n) is 50.3. The van der Waals surface area contributed by atoms with Crippen LogP contribution in [0.25, 0.3) is 0 Å². The standard InChI is InChI=1S/C69H126O6/c1-4-7-10-13-15-17-19-21-23-25-27-28-29-30-31-32-33-34-35-36-37-38-39-40-42-43-45-47-49-51-53-56-59-62-68(71)74-65-66(64-73-67(70)61-58-55-12-9-6-3)75-69(72)63-60-57-54-52-50-48-46-44-41-26-24-22-20-18-16-14-11-8-5-2/h16,18,22,24-25,27,41,44,66H,4-15,17,19-21,23,26,28-40,42-43,45-65H2,1-3H3/b18-16-,24-22-,27-25-,44-41-. The van der Waals surface area contributed by atoms with Crippen molar-refractivity contribution in [1.82, 2.24) is 0 Å². The summed E-state index contributed by atoms with van der Waals surface area (Å²) in [7, 11) is 0. The number of hydrogen-bond acceptors (Lipinski definition) is 6. The van der Waals surface area contributed by atoms with E-state index < -0.39 is 6.10 Å². The molecule has 0 fully saturated rings. The van der Waals surface area contributed by atoms with E-state index in [-0.39, 0.29) is 31.1 Å². The average Bonchev–Trinajstić information content (AvgIpc) is 3.41. The van der Waals surface area contributed by atoms with Crippen LogP contribution in [0.5, 0.6) is 0 Å². The van der Waals surface area contributed by atoms with Crippen molar-refractivity contribution in [3.63, 3.8) is 0 Å². The van der Waals surface area contributed by atoms with Crippen LogP contribution in [0.4, 0.5) is 0 Å². The third-order valence-corrected chi connectivity index (χ3v) is 14.8. The van der Waals surface area contributed by atoms with E-state index in [9.17, 15) is 14.4 Å². The number of allylic oxidation sites excluding steroid dienone is 8. The van der Waals surface area contributed by atoms with Crippen molar-refractivity contribution in [1.29, 1.82) is 0 Å². The molecule has 6 heteroatoms. The van der Waals surface area contributed by atoms with Gasteiger partial charge < -0.3 is 14.2 Å². The fourth-order valence-electron chi connectivity index (χ4n) is 9.80. The molecular formula is C69H126O6. The lowest BCUT2D eigenvalue weighted by atomic mass is 10.0. The van der Waals surface area contributed by atoms with Crippen LogP contribution in [-0.2, 0) is 28.6 Å². The van der Waals surface area contributed by atoms with Gasteiger partial charge in [-0.25, -0.2) is 0 Å². The topological polar surface area (TPSA) is 78.9 Å². The average molecular weight is 1050 g/mol. The van der Waals surface area contributed by atoms with Gasteiger partial charge in [0.2, 0.25) is 0 Å². The highest BCUT2D eigenvalue weighted by molar-refractivity contribution is 5.71. The number of hydrogen-bond donors (Lipinski definition) is 0. The van der Waals surface area contributed by atoms with Crippen molar-refractivity contribution in [3.05, 3.63) is 48.6 Å². The van der Waals surface area contributed by atoms with Crippen LogP contribution >= 0.6 is 0 Å². The molecule has 0 rings (SSSR count). The molecule has 0 heterocycles. The summed E-state index contributed by atoms with van der Waals surface area (Å²) >= 11 is 0. The Morgan fingerprint density at radius 1 is 0.267 bits per heavy atom. The summed E-state index contributed by atoms with van der Waals surface area (Å²) in [5, 5.41) is 0. The van der Waals surface area contributed by atoms with Gasteiger partial charge in [-0.2, -0.15) is 0 Å². The third kappa shape index (κ3) is 62.1. The summed E-state index contributed by atoms with van der Waals surface area (Å²) in [4.78, 5) is 37.9. The molecule has 0 aliphatic rings. The molecule has 0 amide bonds. The quantitative estimate of drug-likeness (QED) is 0.0261. The fourth-order valence-corrected chi connectivity index (χ4v) is 9.80. The molecule has 0 radical (unpaired) electrons. The van der Waals surface area contributed by atoms with Gasteiger partial charge in [-0.3, -0.25) is 14.4 Å². The number of rotatable bonds is 61. The predicted octanol–water partition coefficient (Wildman–Crippen LogP) is 22.6. The lowest BCUT2D eigenvalue weighted by Gasteiger charge is -2.18. The molecule has 0 aromatic rings. The molecule has 1 atom stereocenters. The van der Waals surface area contributed by atoms with Crippen LogP contribution in [0.1, 0.15) is 355 Å². The number of esters is 3. The minimum Gasteiger partial charge on any atom is -0.462 e. The van der Waals surface area contributed by atoms with Gasteiger partial charge in [0.15, 0.2) is 6.10 Å². The van der Waals surface area contributed by atoms with Gasteiger partial charge in [0.1, 0.15) is 13.2 Å². The Bertz CT molecular complexity index is 1300. The highest BCUT2D eigenvalue weighted by atomic mass is 16.6. The Morgan fingerprint density at radius 3 is 0.787 bits per heavy atom. The minimum absolute atomic E-state index is 0.0755. The summed E-state index contributed by atoms with van der Waals surface area (Å²) in [5.74, 6) is -0.886. The van der Waals surface area contributed by atoms with Gasteiger partial charge in [-0.1, -0.05) is 301 Å². The molecule has 438 valence electrons. The number of carbonyl (C=O) groups excluding carboxylic acids is 3. The van der Waals surface area contributed by atoms with Crippen LogP contribution in [0.3, 0.4) is 0 Å². The number of carbonyl (C=O) groups is 3. The molecule has 0 saturated carbocycles. The van der Waals surface area contributed by atoms with Crippen molar-refractivity contribution < 1.29 is 28.6 Å². The van der Waals surface area contributed by atoms with E-state index >= 15 is 0 Å². The molecule has 0 aromatic heterocycles. The third-order valence-electron chi connectivity index (χ3n) is 14.8. The zero-order valence-corrected chi connectivity index (χ0v) is 50.3. The maximum Gasteiger partial charge on any atom is 0.306 e. The van der Waals surface area contributed by atoms with E-state index in [1.807, 2.05) is 0 Å². The molecule has 0 aliphatic heterocycles. The van der Waals surface area contributed by atoms with Crippen molar-refractivity contribution >= 4 is 17.9 Å². The van der Waals surface area contributed by atoms with Crippen molar-refractivity contribution in [3.8, 4) is 0 Å². The first-order valence-electron chi connectivity index (χ1n) is 33.1. The minimum atomic E-state index is -0.775. The number of ether oxygens (including phenoxy) is 3. The first kappa shape index (κ1) is 72.4. The van der Waals surface area contributed by atoms with Gasteiger partial charge in [-0.05, 0) is 83.5 Å². The number of unbranched alkanes of at least 4 members (excludes halogenated alkanes) is 42. The smallest absolute Gasteiger partial charge is 0.306 e. The molecule has 1 unspecified atom stereocenters. The van der Waals surface area contributed by atoms with Crippen molar-refractivity contribution in [2.24, 2.45) is 0 Å². The highest BCUT2D eigenvalue weighted by Crippen LogP contribution is 2.18. The second-order valence-electron chi connectivity index (χ2n) is 22.4. The second-order valence-corrected chi connectivity index (χ2v) is 22.4. The Balaban J connectivity index is 3.92. The van der Waals surface area contributed by atoms with E-state index in [1.54, 1.807) is 0 Å². The fraction of sp³-hybridized carbons (Fsp3) is 0.841. The van der Waals surface area contributed by atoms with Gasteiger partial charge in [0.05, 0.1) is 0 Å². The maximum atomic E-state index is 12.8. The Morgan fingerprint density at radius 2 is 0.480 bits per heavy atom. The van der Waals surface area contributed by atoms with E-state index in [0.717, 1.165) is 83.5 Å². The summed E-state index contributed by atoms with van der Waals surface area (Å²) in [6, 6.07) is 0. The van der Waals surface area contributed by atoms with Crippen LogP contribution in [0.2, 0.25) is 0 Å². The molecule has 0 aliphatic carbocycles. The molecule has 0 aromatic carbocycles. The molecule has 75 heavy (non-hydrogen) atoms. The van der Waals surface area contributed by atoms with Crippen molar-refractivity contribution in [2.75, 3.05) is 13.2 Å². The largest absolute Gasteiger partial charge is 0.462 e. The van der Waals surface area contributed by atoms with E-state index in [2.05, 4.69) is 69.4 Å². The Labute approximate surface area is 467 Å². The summed E-state index contributed by atoms with van der Waals surface area (Å²) < 4.78 is 16.8. The summed E-state index contributed by atoms with van der Waals surface area (Å²) in [5.41, 5.74) is 0. The van der Waals surface area contributed by atoms with Crippen LogP contribution in [0, 0.1) is 0 Å². The lowest BCUT2D eigenvalue weighted by molar-refractivity contribution is -0.167. The predicted molar refractivity (Wildman–Crippen MR) is 325 cm³/mol. The lowest BCUT2D eigenvalue weighted by Crippen LogP contribution is -2.30. The van der Waals surface area contributed by atoms with Gasteiger partial charge in [0.25, 0.3) is 0 Å². The molecule has 6 nitrogen and oxygen atoms in total. The van der Waals surface area contributed by atoms with Gasteiger partial charge in [0, 0.05) is 19.3 Å². The van der Waals surface area contributed by atoms with Crippen LogP contribution in [0.15, 0.2) is 48.6 Å². The van der Waals surface area contributed by atoms with E-state index in [4.69, 9.17) is 14.2 Å². The van der Waals surface area contributed by atoms with Gasteiger partial charge >= 0.3 is 17.9 Å². The SMILES string of the molecule is CCCCC/C=C\C/C=C\C/C=C\CCCCCCCCC(=O)OC(COC(=O)CCCCCCC)COC(=O)CCCCCCCCCCCCCCCCCCCCCCC/C=C\CCCCCCCCCC. The molecule has 0 spiro atoms. The van der Waals surface area contributed by atoms with Crippen molar-refractivity contribution in [2.45, 2.75) is 361 Å². The first-order chi connectivity index (χ1) is 37.0. The second kappa shape index (κ2) is 63.9. The molecule has 0 bridgehead atoms. The Kier molecular flexibility index (Phi) is 61.7. The molecular weight excluding hydrogens is 925 g/mol. The summed E-state index contributed by atoms with van der Waals surface area (Å²) in [6.07, 6.45) is 80.5. The highest BCUT2D eigenvalue weighted by Gasteiger charge is 2.19. The summed E-state index contributed by atoms with van der Waals surface area (Å²) in [6.45, 7) is 6.56. The van der Waals surface area contributed by atoms with E-state index in [0.29, 0.717) is 19.3 Å². The zero-order chi connectivity index (χ0) is 54.3. The molecule has 0 saturated heterocycles. The van der Waals surface area contributed by atoms with Crippen LogP contribution in [-0.4, -0.2) is 37.2 Å². The van der Waals surface area contributed by atoms with Gasteiger partial charge in [-0.15, -0.1) is 0 Å².